The van der Waals surface area contributed by atoms with E-state index in [1.165, 1.54) is 19.3 Å². The zero-order chi connectivity index (χ0) is 11.6. The van der Waals surface area contributed by atoms with E-state index in [1.807, 2.05) is 0 Å². The molecule has 0 spiro atoms. The lowest BCUT2D eigenvalue weighted by molar-refractivity contribution is 0.0112. The minimum absolute atomic E-state index is 0.498. The molecule has 0 radical (unpaired) electrons. The van der Waals surface area contributed by atoms with Gasteiger partial charge in [-0.1, -0.05) is 13.8 Å². The lowest BCUT2D eigenvalue weighted by Gasteiger charge is -2.22. The molecule has 1 aliphatic heterocycles. The van der Waals surface area contributed by atoms with Gasteiger partial charge >= 0.3 is 0 Å². The van der Waals surface area contributed by atoms with Gasteiger partial charge in [-0.25, -0.2) is 0 Å². The molecule has 96 valence electrons. The summed E-state index contributed by atoms with van der Waals surface area (Å²) in [5.74, 6) is 0.635. The van der Waals surface area contributed by atoms with Crippen LogP contribution in [0.1, 0.15) is 39.5 Å². The Bertz CT molecular complexity index is 156. The van der Waals surface area contributed by atoms with Gasteiger partial charge in [0, 0.05) is 19.8 Å². The lowest BCUT2D eigenvalue weighted by Crippen LogP contribution is -2.27. The maximum Gasteiger partial charge on any atom is 0.0591 e. The summed E-state index contributed by atoms with van der Waals surface area (Å²) in [7, 11) is 0. The van der Waals surface area contributed by atoms with Crippen LogP contribution in [-0.4, -0.2) is 39.0 Å². The molecule has 0 aliphatic carbocycles. The van der Waals surface area contributed by atoms with Gasteiger partial charge in [0.15, 0.2) is 0 Å². The monoisotopic (exact) mass is 229 g/mol. The molecule has 1 heterocycles. The molecule has 0 amide bonds. The van der Waals surface area contributed by atoms with Crippen LogP contribution in [0.3, 0.4) is 0 Å². The number of hydrogen-bond donors (Lipinski definition) is 1. The van der Waals surface area contributed by atoms with E-state index >= 15 is 0 Å². The van der Waals surface area contributed by atoms with Crippen molar-refractivity contribution in [3.05, 3.63) is 0 Å². The van der Waals surface area contributed by atoms with Gasteiger partial charge in [-0.15, -0.1) is 0 Å². The SMILES string of the molecule is CC(C)COCCNCCC1CCCCO1. The summed E-state index contributed by atoms with van der Waals surface area (Å²) in [5, 5.41) is 3.40. The fraction of sp³-hybridized carbons (Fsp3) is 1.00. The van der Waals surface area contributed by atoms with E-state index in [0.29, 0.717) is 12.0 Å². The van der Waals surface area contributed by atoms with E-state index in [0.717, 1.165) is 39.3 Å². The molecule has 0 saturated carbocycles. The largest absolute Gasteiger partial charge is 0.380 e. The molecular weight excluding hydrogens is 202 g/mol. The first kappa shape index (κ1) is 13.9. The first-order valence-electron chi connectivity index (χ1n) is 6.69. The van der Waals surface area contributed by atoms with Crippen molar-refractivity contribution < 1.29 is 9.47 Å². The summed E-state index contributed by atoms with van der Waals surface area (Å²) in [6.45, 7) is 9.01. The third kappa shape index (κ3) is 7.20. The smallest absolute Gasteiger partial charge is 0.0591 e. The Morgan fingerprint density at radius 3 is 2.88 bits per heavy atom. The summed E-state index contributed by atoms with van der Waals surface area (Å²) in [6, 6.07) is 0. The zero-order valence-corrected chi connectivity index (χ0v) is 10.8. The molecule has 1 saturated heterocycles. The minimum atomic E-state index is 0.498. The maximum atomic E-state index is 5.67. The highest BCUT2D eigenvalue weighted by Crippen LogP contribution is 2.14. The van der Waals surface area contributed by atoms with Gasteiger partial charge in [0.25, 0.3) is 0 Å². The van der Waals surface area contributed by atoms with Gasteiger partial charge < -0.3 is 14.8 Å². The summed E-state index contributed by atoms with van der Waals surface area (Å²) < 4.78 is 11.2. The van der Waals surface area contributed by atoms with Crippen LogP contribution in [0.4, 0.5) is 0 Å². The molecule has 0 aromatic carbocycles. The van der Waals surface area contributed by atoms with Crippen LogP contribution in [-0.2, 0) is 9.47 Å². The Kier molecular flexibility index (Phi) is 7.81. The molecule has 16 heavy (non-hydrogen) atoms. The lowest BCUT2D eigenvalue weighted by atomic mass is 10.1. The standard InChI is InChI=1S/C13H27NO2/c1-12(2)11-15-10-8-14-7-6-13-5-3-4-9-16-13/h12-14H,3-11H2,1-2H3. The highest BCUT2D eigenvalue weighted by Gasteiger charge is 2.12. The second kappa shape index (κ2) is 8.97. The molecule has 0 aromatic heterocycles. The normalized spacial score (nSPS) is 21.6. The topological polar surface area (TPSA) is 30.5 Å². The second-order valence-corrected chi connectivity index (χ2v) is 5.00. The third-order valence-electron chi connectivity index (χ3n) is 2.79. The summed E-state index contributed by atoms with van der Waals surface area (Å²) in [5.41, 5.74) is 0. The average Bonchev–Trinajstić information content (AvgIpc) is 2.29. The number of ether oxygens (including phenoxy) is 2. The van der Waals surface area contributed by atoms with Crippen LogP contribution in [0.25, 0.3) is 0 Å². The molecular formula is C13H27NO2. The Hall–Kier alpha value is -0.120. The van der Waals surface area contributed by atoms with Gasteiger partial charge in [0.2, 0.25) is 0 Å². The van der Waals surface area contributed by atoms with E-state index in [-0.39, 0.29) is 0 Å². The molecule has 1 atom stereocenters. The van der Waals surface area contributed by atoms with Crippen LogP contribution >= 0.6 is 0 Å². The highest BCUT2D eigenvalue weighted by atomic mass is 16.5. The Morgan fingerprint density at radius 2 is 2.19 bits per heavy atom. The molecule has 0 aromatic rings. The molecule has 1 fully saturated rings. The van der Waals surface area contributed by atoms with Crippen LogP contribution in [0.15, 0.2) is 0 Å². The third-order valence-corrected chi connectivity index (χ3v) is 2.79. The van der Waals surface area contributed by atoms with Crippen molar-refractivity contribution in [1.29, 1.82) is 0 Å². The Labute approximate surface area is 99.9 Å². The van der Waals surface area contributed by atoms with E-state index in [2.05, 4.69) is 19.2 Å². The molecule has 1 N–H and O–H groups in total. The van der Waals surface area contributed by atoms with E-state index in [9.17, 15) is 0 Å². The van der Waals surface area contributed by atoms with Crippen molar-refractivity contribution in [2.45, 2.75) is 45.6 Å². The van der Waals surface area contributed by atoms with Crippen molar-refractivity contribution in [3.63, 3.8) is 0 Å². The molecule has 3 nitrogen and oxygen atoms in total. The van der Waals surface area contributed by atoms with Crippen molar-refractivity contribution in [2.75, 3.05) is 32.9 Å². The Balaban J connectivity index is 1.80. The Morgan fingerprint density at radius 1 is 1.31 bits per heavy atom. The first-order chi connectivity index (χ1) is 7.79. The number of rotatable bonds is 8. The van der Waals surface area contributed by atoms with Crippen molar-refractivity contribution in [2.24, 2.45) is 5.92 Å². The van der Waals surface area contributed by atoms with Gasteiger partial charge in [0.05, 0.1) is 12.7 Å². The molecule has 3 heteroatoms. The zero-order valence-electron chi connectivity index (χ0n) is 10.8. The van der Waals surface area contributed by atoms with E-state index in [4.69, 9.17) is 9.47 Å². The minimum Gasteiger partial charge on any atom is -0.380 e. The summed E-state index contributed by atoms with van der Waals surface area (Å²) in [4.78, 5) is 0. The second-order valence-electron chi connectivity index (χ2n) is 5.00. The van der Waals surface area contributed by atoms with Crippen LogP contribution < -0.4 is 5.32 Å². The van der Waals surface area contributed by atoms with Crippen LogP contribution in [0.2, 0.25) is 0 Å². The van der Waals surface area contributed by atoms with Gasteiger partial charge in [0.1, 0.15) is 0 Å². The van der Waals surface area contributed by atoms with Crippen molar-refractivity contribution >= 4 is 0 Å². The van der Waals surface area contributed by atoms with E-state index in [1.54, 1.807) is 0 Å². The van der Waals surface area contributed by atoms with Gasteiger partial charge in [-0.2, -0.15) is 0 Å². The molecule has 1 unspecified atom stereocenters. The highest BCUT2D eigenvalue weighted by molar-refractivity contribution is 4.64. The number of hydrogen-bond acceptors (Lipinski definition) is 3. The van der Waals surface area contributed by atoms with Gasteiger partial charge in [-0.05, 0) is 38.1 Å². The van der Waals surface area contributed by atoms with Crippen LogP contribution in [0.5, 0.6) is 0 Å². The summed E-state index contributed by atoms with van der Waals surface area (Å²) >= 11 is 0. The fourth-order valence-electron chi connectivity index (χ4n) is 1.89. The van der Waals surface area contributed by atoms with Crippen molar-refractivity contribution in [1.82, 2.24) is 5.32 Å². The molecule has 0 bridgehead atoms. The predicted octanol–water partition coefficient (Wildman–Crippen LogP) is 2.21. The predicted molar refractivity (Wildman–Crippen MR) is 66.7 cm³/mol. The molecule has 1 rings (SSSR count). The van der Waals surface area contributed by atoms with Gasteiger partial charge in [-0.3, -0.25) is 0 Å². The van der Waals surface area contributed by atoms with Crippen LogP contribution in [0, 0.1) is 5.92 Å². The van der Waals surface area contributed by atoms with Crippen molar-refractivity contribution in [3.8, 4) is 0 Å². The maximum absolute atomic E-state index is 5.67. The fourth-order valence-corrected chi connectivity index (χ4v) is 1.89. The summed E-state index contributed by atoms with van der Waals surface area (Å²) in [6.07, 6.45) is 5.46. The average molecular weight is 229 g/mol. The molecule has 1 aliphatic rings. The van der Waals surface area contributed by atoms with E-state index < -0.39 is 0 Å². The first-order valence-corrected chi connectivity index (χ1v) is 6.69. The number of nitrogens with one attached hydrogen (secondary N) is 1. The quantitative estimate of drug-likeness (QED) is 0.647.